The Kier molecular flexibility index (Phi) is 4.61. The first-order chi connectivity index (χ1) is 8.68. The molecule has 1 aromatic carbocycles. The molecule has 0 aliphatic carbocycles. The van der Waals surface area contributed by atoms with E-state index in [4.69, 9.17) is 0 Å². The van der Waals surface area contributed by atoms with E-state index in [0.29, 0.717) is 6.42 Å². The van der Waals surface area contributed by atoms with Gasteiger partial charge in [0.05, 0.1) is 5.56 Å². The molecule has 0 saturated heterocycles. The molecule has 0 aromatic heterocycles. The van der Waals surface area contributed by atoms with Gasteiger partial charge in [-0.05, 0) is 11.6 Å². The Labute approximate surface area is 111 Å². The second-order valence-electron chi connectivity index (χ2n) is 5.06. The zero-order chi connectivity index (χ0) is 14.7. The highest BCUT2D eigenvalue weighted by atomic mass is 19.4. The minimum absolute atomic E-state index is 0.169. The molecule has 106 valence electrons. The molecular formula is C14H18F3NO. The topological polar surface area (TPSA) is 29.1 Å². The van der Waals surface area contributed by atoms with E-state index in [1.54, 1.807) is 26.8 Å². The number of benzene rings is 1. The van der Waals surface area contributed by atoms with Gasteiger partial charge in [0.25, 0.3) is 0 Å². The zero-order valence-corrected chi connectivity index (χ0v) is 11.3. The number of carbonyl (C=O) groups excluding carboxylic acids is 1. The minimum atomic E-state index is -4.39. The standard InChI is InChI=1S/C14H18F3NO/c1-4-12(19)18-9-13(2,3)10-7-5-6-8-11(10)14(15,16)17/h5-8H,4,9H2,1-3H3,(H,18,19). The third kappa shape index (κ3) is 3.98. The molecule has 0 spiro atoms. The third-order valence-electron chi connectivity index (χ3n) is 3.01. The molecule has 0 atom stereocenters. The summed E-state index contributed by atoms with van der Waals surface area (Å²) in [4.78, 5) is 11.2. The normalized spacial score (nSPS) is 12.3. The van der Waals surface area contributed by atoms with Gasteiger partial charge in [-0.15, -0.1) is 0 Å². The molecular weight excluding hydrogens is 255 g/mol. The smallest absolute Gasteiger partial charge is 0.355 e. The molecule has 1 rings (SSSR count). The summed E-state index contributed by atoms with van der Waals surface area (Å²) in [5, 5.41) is 2.64. The van der Waals surface area contributed by atoms with Crippen LogP contribution in [0.15, 0.2) is 24.3 Å². The maximum atomic E-state index is 13.0. The van der Waals surface area contributed by atoms with Gasteiger partial charge >= 0.3 is 6.18 Å². The highest BCUT2D eigenvalue weighted by Gasteiger charge is 2.37. The van der Waals surface area contributed by atoms with Gasteiger partial charge in [-0.2, -0.15) is 13.2 Å². The largest absolute Gasteiger partial charge is 0.416 e. The SMILES string of the molecule is CCC(=O)NCC(C)(C)c1ccccc1C(F)(F)F. The predicted molar refractivity (Wildman–Crippen MR) is 67.8 cm³/mol. The van der Waals surface area contributed by atoms with Crippen LogP contribution in [0.5, 0.6) is 0 Å². The lowest BCUT2D eigenvalue weighted by Gasteiger charge is -2.28. The molecule has 0 saturated carbocycles. The van der Waals surface area contributed by atoms with Crippen LogP contribution in [0.2, 0.25) is 0 Å². The van der Waals surface area contributed by atoms with Crippen LogP contribution in [0.3, 0.4) is 0 Å². The van der Waals surface area contributed by atoms with Crippen molar-refractivity contribution in [3.05, 3.63) is 35.4 Å². The highest BCUT2D eigenvalue weighted by Crippen LogP contribution is 2.37. The minimum Gasteiger partial charge on any atom is -0.355 e. The Morgan fingerprint density at radius 1 is 1.16 bits per heavy atom. The Bertz CT molecular complexity index is 452. The zero-order valence-electron chi connectivity index (χ0n) is 11.3. The van der Waals surface area contributed by atoms with Gasteiger partial charge in [0.2, 0.25) is 5.91 Å². The van der Waals surface area contributed by atoms with Crippen LogP contribution in [0.1, 0.15) is 38.3 Å². The van der Waals surface area contributed by atoms with E-state index >= 15 is 0 Å². The lowest BCUT2D eigenvalue weighted by atomic mass is 9.81. The molecule has 0 heterocycles. The second kappa shape index (κ2) is 5.63. The number of hydrogen-bond donors (Lipinski definition) is 1. The van der Waals surface area contributed by atoms with Gasteiger partial charge in [0.1, 0.15) is 0 Å². The maximum absolute atomic E-state index is 13.0. The molecule has 1 N–H and O–H groups in total. The lowest BCUT2D eigenvalue weighted by Crippen LogP contribution is -2.37. The quantitative estimate of drug-likeness (QED) is 0.893. The first-order valence-corrected chi connectivity index (χ1v) is 6.12. The van der Waals surface area contributed by atoms with Gasteiger partial charge in [0.15, 0.2) is 0 Å². The van der Waals surface area contributed by atoms with Gasteiger partial charge < -0.3 is 5.32 Å². The summed E-state index contributed by atoms with van der Waals surface area (Å²) < 4.78 is 38.9. The van der Waals surface area contributed by atoms with Crippen molar-refractivity contribution in [2.45, 2.75) is 38.8 Å². The Balaban J connectivity index is 3.04. The fourth-order valence-corrected chi connectivity index (χ4v) is 1.86. The Morgan fingerprint density at radius 3 is 2.16 bits per heavy atom. The van der Waals surface area contributed by atoms with Crippen molar-refractivity contribution in [1.82, 2.24) is 5.32 Å². The van der Waals surface area contributed by atoms with Gasteiger partial charge in [-0.3, -0.25) is 4.79 Å². The number of rotatable bonds is 4. The van der Waals surface area contributed by atoms with Crippen LogP contribution in [0, 0.1) is 0 Å². The first-order valence-electron chi connectivity index (χ1n) is 6.12. The molecule has 5 heteroatoms. The van der Waals surface area contributed by atoms with Crippen molar-refractivity contribution in [1.29, 1.82) is 0 Å². The van der Waals surface area contributed by atoms with Crippen molar-refractivity contribution in [2.75, 3.05) is 6.54 Å². The van der Waals surface area contributed by atoms with E-state index in [1.807, 2.05) is 0 Å². The molecule has 1 aromatic rings. The van der Waals surface area contributed by atoms with E-state index in [0.717, 1.165) is 6.07 Å². The number of halogens is 3. The van der Waals surface area contributed by atoms with E-state index in [9.17, 15) is 18.0 Å². The van der Waals surface area contributed by atoms with Crippen molar-refractivity contribution in [3.8, 4) is 0 Å². The van der Waals surface area contributed by atoms with Crippen LogP contribution in [-0.4, -0.2) is 12.5 Å². The van der Waals surface area contributed by atoms with Crippen LogP contribution in [-0.2, 0) is 16.4 Å². The van der Waals surface area contributed by atoms with Crippen molar-refractivity contribution in [3.63, 3.8) is 0 Å². The summed E-state index contributed by atoms with van der Waals surface area (Å²) in [6.45, 7) is 5.25. The number of amides is 1. The molecule has 0 aliphatic rings. The third-order valence-corrected chi connectivity index (χ3v) is 3.01. The van der Waals surface area contributed by atoms with E-state index in [2.05, 4.69) is 5.32 Å². The van der Waals surface area contributed by atoms with Crippen LogP contribution in [0.4, 0.5) is 13.2 Å². The van der Waals surface area contributed by atoms with Gasteiger partial charge in [0, 0.05) is 18.4 Å². The monoisotopic (exact) mass is 273 g/mol. The summed E-state index contributed by atoms with van der Waals surface area (Å²) in [5.41, 5.74) is -1.23. The molecule has 0 radical (unpaired) electrons. The first kappa shape index (κ1) is 15.5. The molecule has 0 aliphatic heterocycles. The number of hydrogen-bond acceptors (Lipinski definition) is 1. The average Bonchev–Trinajstić information content (AvgIpc) is 2.35. The van der Waals surface area contributed by atoms with E-state index < -0.39 is 17.2 Å². The van der Waals surface area contributed by atoms with Crippen LogP contribution in [0.25, 0.3) is 0 Å². The summed E-state index contributed by atoms with van der Waals surface area (Å²) in [6, 6.07) is 5.47. The van der Waals surface area contributed by atoms with Gasteiger partial charge in [-0.25, -0.2) is 0 Å². The molecule has 1 amide bonds. The molecule has 0 bridgehead atoms. The van der Waals surface area contributed by atoms with Crippen molar-refractivity contribution in [2.24, 2.45) is 0 Å². The molecule has 0 fully saturated rings. The van der Waals surface area contributed by atoms with Gasteiger partial charge in [-0.1, -0.05) is 39.0 Å². The second-order valence-corrected chi connectivity index (χ2v) is 5.06. The molecule has 2 nitrogen and oxygen atoms in total. The lowest BCUT2D eigenvalue weighted by molar-refractivity contribution is -0.138. The molecule has 19 heavy (non-hydrogen) atoms. The molecule has 0 unspecified atom stereocenters. The Morgan fingerprint density at radius 2 is 1.68 bits per heavy atom. The van der Waals surface area contributed by atoms with Crippen LogP contribution >= 0.6 is 0 Å². The maximum Gasteiger partial charge on any atom is 0.416 e. The van der Waals surface area contributed by atoms with Crippen molar-refractivity contribution < 1.29 is 18.0 Å². The van der Waals surface area contributed by atoms with E-state index in [-0.39, 0.29) is 18.0 Å². The Hall–Kier alpha value is -1.52. The highest BCUT2D eigenvalue weighted by molar-refractivity contribution is 5.75. The summed E-state index contributed by atoms with van der Waals surface area (Å²) in [6.07, 6.45) is -4.07. The van der Waals surface area contributed by atoms with Crippen molar-refractivity contribution >= 4 is 5.91 Å². The summed E-state index contributed by atoms with van der Waals surface area (Å²) in [5.74, 6) is -0.169. The number of carbonyl (C=O) groups is 1. The number of alkyl halides is 3. The fourth-order valence-electron chi connectivity index (χ4n) is 1.86. The summed E-state index contributed by atoms with van der Waals surface area (Å²) in [7, 11) is 0. The number of nitrogens with one attached hydrogen (secondary N) is 1. The predicted octanol–water partition coefficient (Wildman–Crippen LogP) is 3.51. The average molecular weight is 273 g/mol. The summed E-state index contributed by atoms with van der Waals surface area (Å²) >= 11 is 0. The van der Waals surface area contributed by atoms with E-state index in [1.165, 1.54) is 12.1 Å². The fraction of sp³-hybridized carbons (Fsp3) is 0.500. The van der Waals surface area contributed by atoms with Crippen LogP contribution < -0.4 is 5.32 Å².